The van der Waals surface area contributed by atoms with Crippen LogP contribution in [0.15, 0.2) is 35.3 Å². The quantitative estimate of drug-likeness (QED) is 0.746. The highest BCUT2D eigenvalue weighted by molar-refractivity contribution is 9.10. The van der Waals surface area contributed by atoms with Crippen LogP contribution in [0.4, 0.5) is 0 Å². The van der Waals surface area contributed by atoms with Crippen molar-refractivity contribution >= 4 is 33.4 Å². The summed E-state index contributed by atoms with van der Waals surface area (Å²) < 4.78 is 0.725. The summed E-state index contributed by atoms with van der Waals surface area (Å²) in [4.78, 5) is 14.2. The van der Waals surface area contributed by atoms with Gasteiger partial charge in [-0.3, -0.25) is 4.79 Å². The van der Waals surface area contributed by atoms with E-state index in [1.807, 2.05) is 20.8 Å². The van der Waals surface area contributed by atoms with E-state index in [0.717, 1.165) is 4.47 Å². The zero-order valence-corrected chi connectivity index (χ0v) is 13.2. The second-order valence-electron chi connectivity index (χ2n) is 5.00. The first-order valence-corrected chi connectivity index (χ1v) is 6.82. The fourth-order valence-electron chi connectivity index (χ4n) is 1.58. The summed E-state index contributed by atoms with van der Waals surface area (Å²) in [6.07, 6.45) is 1.73. The van der Waals surface area contributed by atoms with E-state index in [0.29, 0.717) is 17.1 Å². The lowest BCUT2D eigenvalue weighted by Crippen LogP contribution is -2.45. The van der Waals surface area contributed by atoms with E-state index >= 15 is 0 Å². The van der Waals surface area contributed by atoms with Gasteiger partial charge in [-0.15, -0.1) is 6.58 Å². The molecule has 0 unspecified atom stereocenters. The van der Waals surface area contributed by atoms with Gasteiger partial charge in [0, 0.05) is 22.1 Å². The third-order valence-electron chi connectivity index (χ3n) is 2.53. The van der Waals surface area contributed by atoms with Crippen LogP contribution in [0.2, 0.25) is 5.02 Å². The third kappa shape index (κ3) is 3.59. The fourth-order valence-corrected chi connectivity index (χ4v) is 2.07. The van der Waals surface area contributed by atoms with Crippen LogP contribution in [0.5, 0.6) is 0 Å². The summed E-state index contributed by atoms with van der Waals surface area (Å²) in [6.45, 7) is 10.2. The molecule has 18 heavy (non-hydrogen) atoms. The van der Waals surface area contributed by atoms with Crippen LogP contribution in [0, 0.1) is 0 Å². The summed E-state index contributed by atoms with van der Waals surface area (Å²) in [5.41, 5.74) is 0.361. The van der Waals surface area contributed by atoms with Gasteiger partial charge in [0.2, 0.25) is 0 Å². The Labute approximate surface area is 122 Å². The maximum Gasteiger partial charge on any atom is 0.254 e. The Morgan fingerprint density at radius 2 is 2.11 bits per heavy atom. The molecule has 0 aromatic heterocycles. The first kappa shape index (κ1) is 15.3. The molecular formula is C14H17BrClNO. The van der Waals surface area contributed by atoms with Gasteiger partial charge in [-0.1, -0.05) is 17.7 Å². The van der Waals surface area contributed by atoms with Crippen molar-refractivity contribution in [3.63, 3.8) is 0 Å². The molecule has 0 radical (unpaired) electrons. The first-order valence-electron chi connectivity index (χ1n) is 5.65. The molecule has 0 aliphatic carbocycles. The van der Waals surface area contributed by atoms with Crippen LogP contribution in [-0.4, -0.2) is 22.9 Å². The minimum atomic E-state index is -0.253. The number of halogens is 2. The lowest BCUT2D eigenvalue weighted by atomic mass is 10.0. The second kappa shape index (κ2) is 5.89. The number of benzene rings is 1. The number of carbonyl (C=O) groups is 1. The van der Waals surface area contributed by atoms with Crippen LogP contribution in [0.1, 0.15) is 31.1 Å². The zero-order chi connectivity index (χ0) is 13.9. The van der Waals surface area contributed by atoms with Crippen molar-refractivity contribution in [2.24, 2.45) is 0 Å². The molecule has 0 aliphatic heterocycles. The molecule has 0 spiro atoms. The van der Waals surface area contributed by atoms with Gasteiger partial charge in [-0.2, -0.15) is 0 Å². The van der Waals surface area contributed by atoms with E-state index in [1.54, 1.807) is 29.2 Å². The predicted octanol–water partition coefficient (Wildman–Crippen LogP) is 4.53. The van der Waals surface area contributed by atoms with E-state index < -0.39 is 0 Å². The number of hydrogen-bond donors (Lipinski definition) is 0. The van der Waals surface area contributed by atoms with Crippen LogP contribution in [0.3, 0.4) is 0 Å². The smallest absolute Gasteiger partial charge is 0.254 e. The van der Waals surface area contributed by atoms with Crippen molar-refractivity contribution in [2.75, 3.05) is 6.54 Å². The Morgan fingerprint density at radius 1 is 1.50 bits per heavy atom. The van der Waals surface area contributed by atoms with Crippen LogP contribution < -0.4 is 0 Å². The number of nitrogens with zero attached hydrogens (tertiary/aromatic N) is 1. The first-order chi connectivity index (χ1) is 8.27. The number of hydrogen-bond acceptors (Lipinski definition) is 1. The normalized spacial score (nSPS) is 11.2. The van der Waals surface area contributed by atoms with Crippen molar-refractivity contribution in [3.05, 3.63) is 45.9 Å². The zero-order valence-electron chi connectivity index (χ0n) is 10.8. The van der Waals surface area contributed by atoms with Crippen LogP contribution in [-0.2, 0) is 0 Å². The van der Waals surface area contributed by atoms with Crippen LogP contribution in [0.25, 0.3) is 0 Å². The summed E-state index contributed by atoms with van der Waals surface area (Å²) in [6, 6.07) is 5.19. The molecule has 0 bridgehead atoms. The van der Waals surface area contributed by atoms with Gasteiger partial charge < -0.3 is 4.90 Å². The van der Waals surface area contributed by atoms with Crippen molar-refractivity contribution in [3.8, 4) is 0 Å². The molecular weight excluding hydrogens is 314 g/mol. The molecule has 1 aromatic rings. The molecule has 1 rings (SSSR count). The Hall–Kier alpha value is -0.800. The highest BCUT2D eigenvalue weighted by Crippen LogP contribution is 2.25. The molecule has 4 heteroatoms. The van der Waals surface area contributed by atoms with E-state index in [-0.39, 0.29) is 11.4 Å². The van der Waals surface area contributed by atoms with Crippen molar-refractivity contribution in [2.45, 2.75) is 26.3 Å². The average Bonchev–Trinajstić information content (AvgIpc) is 2.27. The van der Waals surface area contributed by atoms with Gasteiger partial charge in [0.25, 0.3) is 5.91 Å². The van der Waals surface area contributed by atoms with Crippen molar-refractivity contribution < 1.29 is 4.79 Å². The van der Waals surface area contributed by atoms with Crippen LogP contribution >= 0.6 is 27.5 Å². The Balaban J connectivity index is 3.09. The summed E-state index contributed by atoms with van der Waals surface area (Å²) in [7, 11) is 0. The minimum absolute atomic E-state index is 0.0280. The Kier molecular flexibility index (Phi) is 5.00. The SMILES string of the molecule is C=CCN(C(=O)c1ccc(Cl)c(Br)c1)C(C)(C)C. The van der Waals surface area contributed by atoms with Gasteiger partial charge in [0.15, 0.2) is 0 Å². The largest absolute Gasteiger partial charge is 0.330 e. The van der Waals surface area contributed by atoms with Gasteiger partial charge in [-0.05, 0) is 54.9 Å². The van der Waals surface area contributed by atoms with E-state index in [1.165, 1.54) is 0 Å². The van der Waals surface area contributed by atoms with E-state index in [9.17, 15) is 4.79 Å². The summed E-state index contributed by atoms with van der Waals surface area (Å²) >= 11 is 9.26. The maximum atomic E-state index is 12.5. The number of carbonyl (C=O) groups excluding carboxylic acids is 1. The molecule has 0 N–H and O–H groups in total. The fraction of sp³-hybridized carbons (Fsp3) is 0.357. The monoisotopic (exact) mass is 329 g/mol. The average molecular weight is 331 g/mol. The minimum Gasteiger partial charge on any atom is -0.330 e. The van der Waals surface area contributed by atoms with Gasteiger partial charge >= 0.3 is 0 Å². The summed E-state index contributed by atoms with van der Waals surface area (Å²) in [5, 5.41) is 0.595. The molecule has 0 aliphatic rings. The van der Waals surface area contributed by atoms with E-state index in [4.69, 9.17) is 11.6 Å². The molecule has 2 nitrogen and oxygen atoms in total. The van der Waals surface area contributed by atoms with Gasteiger partial charge in [-0.25, -0.2) is 0 Å². The number of rotatable bonds is 3. The maximum absolute atomic E-state index is 12.5. The topological polar surface area (TPSA) is 20.3 Å². The van der Waals surface area contributed by atoms with Crippen molar-refractivity contribution in [1.29, 1.82) is 0 Å². The highest BCUT2D eigenvalue weighted by atomic mass is 79.9. The van der Waals surface area contributed by atoms with Gasteiger partial charge in [0.05, 0.1) is 5.02 Å². The molecule has 98 valence electrons. The van der Waals surface area contributed by atoms with Gasteiger partial charge in [0.1, 0.15) is 0 Å². The molecule has 0 saturated heterocycles. The molecule has 1 aromatic carbocycles. The lowest BCUT2D eigenvalue weighted by Gasteiger charge is -2.35. The Morgan fingerprint density at radius 3 is 2.56 bits per heavy atom. The second-order valence-corrected chi connectivity index (χ2v) is 6.27. The third-order valence-corrected chi connectivity index (χ3v) is 3.75. The summed E-state index contributed by atoms with van der Waals surface area (Å²) in [5.74, 6) is -0.0280. The Bertz CT molecular complexity index is 465. The molecule has 0 fully saturated rings. The lowest BCUT2D eigenvalue weighted by molar-refractivity contribution is 0.0616. The number of amides is 1. The van der Waals surface area contributed by atoms with Crippen molar-refractivity contribution in [1.82, 2.24) is 4.90 Å². The molecule has 0 heterocycles. The molecule has 0 atom stereocenters. The van der Waals surface area contributed by atoms with E-state index in [2.05, 4.69) is 22.5 Å². The predicted molar refractivity (Wildman–Crippen MR) is 80.1 cm³/mol. The highest BCUT2D eigenvalue weighted by Gasteiger charge is 2.26. The molecule has 1 amide bonds. The standard InChI is InChI=1S/C14H17BrClNO/c1-5-8-17(14(2,3)4)13(18)10-6-7-12(16)11(15)9-10/h5-7,9H,1,8H2,2-4H3. The molecule has 0 saturated carbocycles.